The number of likely N-dealkylation sites (tertiary alicyclic amines) is 1. The largest absolute Gasteiger partial charge is 0.507 e. The van der Waals surface area contributed by atoms with Crippen LogP contribution in [0.4, 0.5) is 0 Å². The van der Waals surface area contributed by atoms with Gasteiger partial charge in [0, 0.05) is 18.0 Å². The molecule has 1 aliphatic carbocycles. The maximum atomic E-state index is 13.4. The van der Waals surface area contributed by atoms with Crippen LogP contribution in [-0.4, -0.2) is 40.4 Å². The molecule has 2 aromatic rings. The van der Waals surface area contributed by atoms with Crippen LogP contribution < -0.4 is 9.47 Å². The normalized spacial score (nSPS) is 24.2. The second-order valence-electron chi connectivity index (χ2n) is 9.46. The van der Waals surface area contributed by atoms with Gasteiger partial charge in [0.15, 0.2) is 0 Å². The van der Waals surface area contributed by atoms with Gasteiger partial charge in [-0.2, -0.15) is 0 Å². The highest BCUT2D eigenvalue weighted by atomic mass is 16.5. The number of aliphatic hydroxyl groups excluding tert-OH is 1. The van der Waals surface area contributed by atoms with E-state index >= 15 is 0 Å². The Kier molecular flexibility index (Phi) is 6.07. The lowest BCUT2D eigenvalue weighted by Crippen LogP contribution is -2.40. The average molecular weight is 462 g/mol. The Morgan fingerprint density at radius 1 is 1.12 bits per heavy atom. The summed E-state index contributed by atoms with van der Waals surface area (Å²) in [6.45, 7) is 4.43. The number of fused-ring (bicyclic) bond motifs is 1. The summed E-state index contributed by atoms with van der Waals surface area (Å²) in [6.07, 6.45) is 5.74. The van der Waals surface area contributed by atoms with Crippen LogP contribution in [0.1, 0.15) is 68.7 Å². The third kappa shape index (κ3) is 3.95. The van der Waals surface area contributed by atoms with Crippen molar-refractivity contribution in [3.63, 3.8) is 0 Å². The van der Waals surface area contributed by atoms with Crippen molar-refractivity contribution in [2.45, 2.75) is 70.6 Å². The molecular weight excluding hydrogens is 430 g/mol. The molecule has 1 saturated carbocycles. The second kappa shape index (κ2) is 9.16. The summed E-state index contributed by atoms with van der Waals surface area (Å²) < 4.78 is 11.5. The highest BCUT2D eigenvalue weighted by Crippen LogP contribution is 2.44. The van der Waals surface area contributed by atoms with Crippen molar-refractivity contribution in [2.75, 3.05) is 6.61 Å². The standard InChI is InChI=1S/C28H31NO5/c1-3-33-22-11-7-8-18(16-22)25-24(27(31)28(32)29(25)21-9-5-4-6-10-21)26(30)19-12-13-23-20(15-19)14-17(2)34-23/h7-8,11-13,15-17,21,25,30H,3-6,9-10,14H2,1-2H3/b26-24-. The van der Waals surface area contributed by atoms with Gasteiger partial charge in [-0.25, -0.2) is 0 Å². The van der Waals surface area contributed by atoms with Gasteiger partial charge in [-0.3, -0.25) is 9.59 Å². The average Bonchev–Trinajstić information content (AvgIpc) is 3.35. The zero-order valence-corrected chi connectivity index (χ0v) is 19.8. The van der Waals surface area contributed by atoms with Gasteiger partial charge in [0.05, 0.1) is 18.2 Å². The molecule has 0 bridgehead atoms. The Hall–Kier alpha value is -3.28. The maximum Gasteiger partial charge on any atom is 0.295 e. The van der Waals surface area contributed by atoms with Crippen LogP contribution in [0.5, 0.6) is 11.5 Å². The molecule has 1 N–H and O–H groups in total. The predicted molar refractivity (Wildman–Crippen MR) is 129 cm³/mol. The summed E-state index contributed by atoms with van der Waals surface area (Å²) in [4.78, 5) is 28.5. The number of carbonyl (C=O) groups is 2. The van der Waals surface area contributed by atoms with E-state index in [1.54, 1.807) is 11.0 Å². The molecule has 3 aliphatic rings. The summed E-state index contributed by atoms with van der Waals surface area (Å²) in [5.74, 6) is 0.190. The first-order valence-electron chi connectivity index (χ1n) is 12.3. The van der Waals surface area contributed by atoms with Crippen LogP contribution in [0, 0.1) is 0 Å². The van der Waals surface area contributed by atoms with E-state index in [0.717, 1.165) is 55.4 Å². The van der Waals surface area contributed by atoms with Crippen LogP contribution in [0.3, 0.4) is 0 Å². The van der Waals surface area contributed by atoms with Crippen LogP contribution in [0.15, 0.2) is 48.0 Å². The van der Waals surface area contributed by atoms with Crippen molar-refractivity contribution < 1.29 is 24.2 Å². The molecule has 6 heteroatoms. The Bertz CT molecular complexity index is 1150. The number of aliphatic hydroxyl groups is 1. The van der Waals surface area contributed by atoms with Crippen LogP contribution >= 0.6 is 0 Å². The van der Waals surface area contributed by atoms with Gasteiger partial charge in [-0.1, -0.05) is 31.4 Å². The van der Waals surface area contributed by atoms with E-state index in [9.17, 15) is 14.7 Å². The molecule has 34 heavy (non-hydrogen) atoms. The fourth-order valence-electron chi connectivity index (χ4n) is 5.58. The minimum Gasteiger partial charge on any atom is -0.507 e. The van der Waals surface area contributed by atoms with E-state index in [1.807, 2.05) is 50.2 Å². The molecule has 2 heterocycles. The molecular formula is C28H31NO5. The SMILES string of the molecule is CCOc1cccc(C2/C(=C(/O)c3ccc4c(c3)CC(C)O4)C(=O)C(=O)N2C2CCCCC2)c1. The molecule has 1 amide bonds. The summed E-state index contributed by atoms with van der Waals surface area (Å²) in [6, 6.07) is 12.3. The van der Waals surface area contributed by atoms with E-state index < -0.39 is 17.7 Å². The molecule has 5 rings (SSSR count). The van der Waals surface area contributed by atoms with Crippen molar-refractivity contribution >= 4 is 17.4 Å². The molecule has 2 aliphatic heterocycles. The van der Waals surface area contributed by atoms with Gasteiger partial charge in [0.2, 0.25) is 0 Å². The first-order valence-corrected chi connectivity index (χ1v) is 12.3. The van der Waals surface area contributed by atoms with Gasteiger partial charge >= 0.3 is 0 Å². The first kappa shape index (κ1) is 22.5. The monoisotopic (exact) mass is 461 g/mol. The van der Waals surface area contributed by atoms with Gasteiger partial charge in [-0.15, -0.1) is 0 Å². The maximum absolute atomic E-state index is 13.4. The number of nitrogens with zero attached hydrogens (tertiary/aromatic N) is 1. The zero-order chi connectivity index (χ0) is 23.8. The molecule has 178 valence electrons. The molecule has 0 spiro atoms. The number of hydrogen-bond donors (Lipinski definition) is 1. The number of benzene rings is 2. The summed E-state index contributed by atoms with van der Waals surface area (Å²) >= 11 is 0. The molecule has 2 fully saturated rings. The number of Topliss-reactive ketones (excluding diaryl/α,β-unsaturated/α-hetero) is 1. The number of hydrogen-bond acceptors (Lipinski definition) is 5. The topological polar surface area (TPSA) is 76.1 Å². The van der Waals surface area contributed by atoms with Gasteiger partial charge in [-0.05, 0) is 68.1 Å². The fourth-order valence-corrected chi connectivity index (χ4v) is 5.58. The summed E-state index contributed by atoms with van der Waals surface area (Å²) in [5.41, 5.74) is 2.45. The van der Waals surface area contributed by atoms with E-state index in [-0.39, 0.29) is 23.5 Å². The van der Waals surface area contributed by atoms with Gasteiger partial charge in [0.25, 0.3) is 11.7 Å². The molecule has 2 aromatic carbocycles. The van der Waals surface area contributed by atoms with Crippen LogP contribution in [0.25, 0.3) is 5.76 Å². The van der Waals surface area contributed by atoms with Crippen molar-refractivity contribution in [1.82, 2.24) is 4.90 Å². The third-order valence-electron chi connectivity index (χ3n) is 7.10. The van der Waals surface area contributed by atoms with Gasteiger partial charge in [0.1, 0.15) is 23.4 Å². The third-order valence-corrected chi connectivity index (χ3v) is 7.10. The van der Waals surface area contributed by atoms with Crippen molar-refractivity contribution in [3.8, 4) is 11.5 Å². The lowest BCUT2D eigenvalue weighted by atomic mass is 9.90. The molecule has 2 unspecified atom stereocenters. The smallest absolute Gasteiger partial charge is 0.295 e. The lowest BCUT2D eigenvalue weighted by Gasteiger charge is -2.35. The number of amides is 1. The van der Waals surface area contributed by atoms with Crippen LogP contribution in [0.2, 0.25) is 0 Å². The minimum absolute atomic E-state index is 0.0227. The van der Waals surface area contributed by atoms with Crippen molar-refractivity contribution in [2.24, 2.45) is 0 Å². The number of rotatable bonds is 5. The molecule has 0 radical (unpaired) electrons. The van der Waals surface area contributed by atoms with E-state index in [2.05, 4.69) is 0 Å². The zero-order valence-electron chi connectivity index (χ0n) is 19.8. The van der Waals surface area contributed by atoms with Crippen molar-refractivity contribution in [1.29, 1.82) is 0 Å². The van der Waals surface area contributed by atoms with Crippen LogP contribution in [-0.2, 0) is 16.0 Å². The summed E-state index contributed by atoms with van der Waals surface area (Å²) in [7, 11) is 0. The predicted octanol–water partition coefficient (Wildman–Crippen LogP) is 5.16. The Morgan fingerprint density at radius 3 is 2.68 bits per heavy atom. The number of ether oxygens (including phenoxy) is 2. The number of ketones is 1. The second-order valence-corrected chi connectivity index (χ2v) is 9.46. The first-order chi connectivity index (χ1) is 16.5. The Morgan fingerprint density at radius 2 is 1.91 bits per heavy atom. The fraction of sp³-hybridized carbons (Fsp3) is 0.429. The number of carbonyl (C=O) groups excluding carboxylic acids is 2. The lowest BCUT2D eigenvalue weighted by molar-refractivity contribution is -0.141. The Balaban J connectivity index is 1.63. The molecule has 0 aromatic heterocycles. The quantitative estimate of drug-likeness (QED) is 0.378. The summed E-state index contributed by atoms with van der Waals surface area (Å²) in [5, 5.41) is 11.4. The molecule has 2 atom stereocenters. The van der Waals surface area contributed by atoms with Gasteiger partial charge < -0.3 is 19.5 Å². The van der Waals surface area contributed by atoms with E-state index in [0.29, 0.717) is 17.9 Å². The highest BCUT2D eigenvalue weighted by molar-refractivity contribution is 6.46. The van der Waals surface area contributed by atoms with E-state index in [4.69, 9.17) is 9.47 Å². The molecule has 1 saturated heterocycles. The minimum atomic E-state index is -0.646. The van der Waals surface area contributed by atoms with Crippen molar-refractivity contribution in [3.05, 3.63) is 64.7 Å². The molecule has 6 nitrogen and oxygen atoms in total. The van der Waals surface area contributed by atoms with E-state index in [1.165, 1.54) is 0 Å². The highest BCUT2D eigenvalue weighted by Gasteiger charge is 2.49. The Labute approximate surface area is 200 Å².